The smallest absolute Gasteiger partial charge is 0.305 e. The van der Waals surface area contributed by atoms with Crippen LogP contribution in [0.2, 0.25) is 0 Å². The number of halogens is 2. The van der Waals surface area contributed by atoms with Crippen molar-refractivity contribution in [2.45, 2.75) is 50.5 Å². The van der Waals surface area contributed by atoms with Crippen molar-refractivity contribution in [2.75, 3.05) is 0 Å². The van der Waals surface area contributed by atoms with E-state index in [2.05, 4.69) is 15.4 Å². The molecule has 34 heavy (non-hydrogen) atoms. The van der Waals surface area contributed by atoms with Gasteiger partial charge in [-0.3, -0.25) is 14.4 Å². The van der Waals surface area contributed by atoms with Crippen LogP contribution in [0.4, 0.5) is 8.78 Å². The maximum atomic E-state index is 14.7. The lowest BCUT2D eigenvalue weighted by molar-refractivity contribution is -0.139. The molecule has 178 valence electrons. The Labute approximate surface area is 193 Å². The molecule has 0 unspecified atom stereocenters. The highest BCUT2D eigenvalue weighted by molar-refractivity contribution is 6.02. The van der Waals surface area contributed by atoms with Crippen molar-refractivity contribution in [3.8, 4) is 11.1 Å². The maximum absolute atomic E-state index is 14.7. The number of fused-ring (bicyclic) bond motifs is 1. The van der Waals surface area contributed by atoms with E-state index in [1.54, 1.807) is 0 Å². The van der Waals surface area contributed by atoms with Crippen LogP contribution in [-0.4, -0.2) is 43.5 Å². The van der Waals surface area contributed by atoms with Crippen LogP contribution in [0.15, 0.2) is 30.6 Å². The minimum atomic E-state index is -1.41. The predicted molar refractivity (Wildman–Crippen MR) is 117 cm³/mol. The number of amides is 2. The number of aliphatic carboxylic acids is 1. The third-order valence-electron chi connectivity index (χ3n) is 6.05. The highest BCUT2D eigenvalue weighted by Gasteiger charge is 2.28. The molecule has 2 aromatic heterocycles. The molecule has 1 aromatic carbocycles. The van der Waals surface area contributed by atoms with Gasteiger partial charge in [0.15, 0.2) is 5.65 Å². The Balaban J connectivity index is 1.80. The molecule has 2 heterocycles. The molecule has 1 fully saturated rings. The first kappa shape index (κ1) is 23.3. The van der Waals surface area contributed by atoms with Crippen LogP contribution in [0, 0.1) is 11.6 Å². The fraction of sp³-hybridized carbons (Fsp3) is 0.348. The minimum Gasteiger partial charge on any atom is -0.481 e. The lowest BCUT2D eigenvalue weighted by Crippen LogP contribution is -2.45. The largest absolute Gasteiger partial charge is 0.481 e. The first-order chi connectivity index (χ1) is 16.3. The lowest BCUT2D eigenvalue weighted by atomic mass is 9.84. The molecule has 11 heteroatoms. The molecular weight excluding hydrogens is 448 g/mol. The number of hydrogen-bond donors (Lipinski definition) is 3. The summed E-state index contributed by atoms with van der Waals surface area (Å²) in [6.07, 6.45) is 6.71. The molecule has 4 N–H and O–H groups in total. The van der Waals surface area contributed by atoms with Gasteiger partial charge in [0.25, 0.3) is 5.91 Å². The molecule has 0 aliphatic heterocycles. The average molecular weight is 471 g/mol. The van der Waals surface area contributed by atoms with Crippen LogP contribution in [0.3, 0.4) is 0 Å². The van der Waals surface area contributed by atoms with E-state index in [1.165, 1.54) is 29.0 Å². The van der Waals surface area contributed by atoms with Crippen molar-refractivity contribution in [1.82, 2.24) is 19.9 Å². The van der Waals surface area contributed by atoms with E-state index in [4.69, 9.17) is 10.8 Å². The summed E-state index contributed by atoms with van der Waals surface area (Å²) < 4.78 is 29.7. The van der Waals surface area contributed by atoms with Gasteiger partial charge in [0, 0.05) is 29.3 Å². The summed E-state index contributed by atoms with van der Waals surface area (Å²) in [6, 6.07) is 1.91. The number of carbonyl (C=O) groups is 3. The van der Waals surface area contributed by atoms with Gasteiger partial charge in [-0.1, -0.05) is 19.3 Å². The Morgan fingerprint density at radius 3 is 2.53 bits per heavy atom. The number of carbonyl (C=O) groups excluding carboxylic acids is 2. The Bertz CT molecular complexity index is 1270. The number of nitrogens with one attached hydrogen (secondary N) is 1. The number of rotatable bonds is 7. The van der Waals surface area contributed by atoms with Crippen molar-refractivity contribution < 1.29 is 28.3 Å². The SMILES string of the molecule is NC(=O)[C@H](CC(=O)O)NC(=O)c1cnn2c(C3CCCCC3)c(-c3ccc(F)cc3F)cnc12. The van der Waals surface area contributed by atoms with Crippen molar-refractivity contribution >= 4 is 23.4 Å². The summed E-state index contributed by atoms with van der Waals surface area (Å²) in [5.74, 6) is -4.47. The Morgan fingerprint density at radius 2 is 1.88 bits per heavy atom. The second kappa shape index (κ2) is 9.54. The second-order valence-corrected chi connectivity index (χ2v) is 8.34. The van der Waals surface area contributed by atoms with E-state index in [9.17, 15) is 23.2 Å². The number of primary amides is 1. The summed E-state index contributed by atoms with van der Waals surface area (Å²) in [4.78, 5) is 39.7. The molecular formula is C23H23F2N5O4. The maximum Gasteiger partial charge on any atom is 0.305 e. The van der Waals surface area contributed by atoms with Crippen LogP contribution in [0.5, 0.6) is 0 Å². The zero-order chi connectivity index (χ0) is 24.4. The average Bonchev–Trinajstić information content (AvgIpc) is 3.22. The van der Waals surface area contributed by atoms with Crippen LogP contribution < -0.4 is 11.1 Å². The number of aromatic nitrogens is 3. The standard InChI is InChI=1S/C23H23F2N5O4/c24-13-6-7-14(17(25)8-13)15-10-27-22-16(23(34)29-18(21(26)33)9-19(31)32)11-28-30(22)20(15)12-4-2-1-3-5-12/h6-8,10-12,18H,1-5,9H2,(H2,26,33)(H,29,34)(H,31,32)/t18-/m0/s1. The molecule has 0 spiro atoms. The predicted octanol–water partition coefficient (Wildman–Crippen LogP) is 2.78. The highest BCUT2D eigenvalue weighted by Crippen LogP contribution is 2.39. The van der Waals surface area contributed by atoms with Gasteiger partial charge in [0.1, 0.15) is 23.2 Å². The molecule has 0 saturated heterocycles. The molecule has 9 nitrogen and oxygen atoms in total. The van der Waals surface area contributed by atoms with Gasteiger partial charge in [0.2, 0.25) is 5.91 Å². The topological polar surface area (TPSA) is 140 Å². The number of hydrogen-bond acceptors (Lipinski definition) is 5. The number of nitrogens with two attached hydrogens (primary N) is 1. The van der Waals surface area contributed by atoms with Crippen molar-refractivity contribution in [3.63, 3.8) is 0 Å². The number of benzene rings is 1. The fourth-order valence-electron chi connectivity index (χ4n) is 4.43. The van der Waals surface area contributed by atoms with Gasteiger partial charge in [-0.15, -0.1) is 0 Å². The van der Waals surface area contributed by atoms with E-state index in [0.29, 0.717) is 11.3 Å². The van der Waals surface area contributed by atoms with E-state index in [-0.39, 0.29) is 22.7 Å². The molecule has 4 rings (SSSR count). The van der Waals surface area contributed by atoms with Gasteiger partial charge < -0.3 is 16.2 Å². The van der Waals surface area contributed by atoms with Crippen LogP contribution >= 0.6 is 0 Å². The van der Waals surface area contributed by atoms with E-state index >= 15 is 0 Å². The molecule has 1 saturated carbocycles. The van der Waals surface area contributed by atoms with Crippen molar-refractivity contribution in [2.24, 2.45) is 5.73 Å². The summed E-state index contributed by atoms with van der Waals surface area (Å²) in [5, 5.41) is 15.6. The highest BCUT2D eigenvalue weighted by atomic mass is 19.1. The van der Waals surface area contributed by atoms with Gasteiger partial charge in [-0.25, -0.2) is 18.3 Å². The zero-order valence-electron chi connectivity index (χ0n) is 18.1. The van der Waals surface area contributed by atoms with Gasteiger partial charge in [-0.2, -0.15) is 5.10 Å². The monoisotopic (exact) mass is 471 g/mol. The number of carboxylic acids is 1. The summed E-state index contributed by atoms with van der Waals surface area (Å²) in [7, 11) is 0. The molecule has 1 aliphatic carbocycles. The lowest BCUT2D eigenvalue weighted by Gasteiger charge is -2.25. The van der Waals surface area contributed by atoms with E-state index in [0.717, 1.165) is 38.2 Å². The third-order valence-corrected chi connectivity index (χ3v) is 6.05. The molecule has 1 aliphatic rings. The fourth-order valence-corrected chi connectivity index (χ4v) is 4.43. The van der Waals surface area contributed by atoms with Crippen molar-refractivity contribution in [1.29, 1.82) is 0 Å². The summed E-state index contributed by atoms with van der Waals surface area (Å²) >= 11 is 0. The third kappa shape index (κ3) is 4.59. The first-order valence-electron chi connectivity index (χ1n) is 10.9. The van der Waals surface area contributed by atoms with Crippen LogP contribution in [0.1, 0.15) is 60.5 Å². The molecule has 3 aromatic rings. The number of nitrogens with zero attached hydrogens (tertiary/aromatic N) is 3. The van der Waals surface area contributed by atoms with E-state index in [1.807, 2.05) is 0 Å². The van der Waals surface area contributed by atoms with Crippen LogP contribution in [-0.2, 0) is 9.59 Å². The molecule has 1 atom stereocenters. The minimum absolute atomic E-state index is 0.0137. The van der Waals surface area contributed by atoms with E-state index < -0.39 is 41.9 Å². The Kier molecular flexibility index (Phi) is 6.53. The van der Waals surface area contributed by atoms with Gasteiger partial charge in [-0.05, 0) is 25.0 Å². The Hall–Kier alpha value is -3.89. The first-order valence-corrected chi connectivity index (χ1v) is 10.9. The second-order valence-electron chi connectivity index (χ2n) is 8.34. The number of carboxylic acid groups (broad SMARTS) is 1. The van der Waals surface area contributed by atoms with Crippen LogP contribution in [0.25, 0.3) is 16.8 Å². The molecule has 2 amide bonds. The normalized spacial score (nSPS) is 15.2. The van der Waals surface area contributed by atoms with Gasteiger partial charge in [0.05, 0.1) is 18.3 Å². The zero-order valence-corrected chi connectivity index (χ0v) is 18.1. The quantitative estimate of drug-likeness (QED) is 0.484. The molecule has 0 bridgehead atoms. The van der Waals surface area contributed by atoms with Crippen molar-refractivity contribution in [3.05, 3.63) is 53.5 Å². The summed E-state index contributed by atoms with van der Waals surface area (Å²) in [6.45, 7) is 0. The summed E-state index contributed by atoms with van der Waals surface area (Å²) in [5.41, 5.74) is 6.68. The molecule has 0 radical (unpaired) electrons. The van der Waals surface area contributed by atoms with Gasteiger partial charge >= 0.3 is 5.97 Å². The Morgan fingerprint density at radius 1 is 1.15 bits per heavy atom.